The number of esters is 1. The third-order valence-corrected chi connectivity index (χ3v) is 7.36. The molecule has 2 aliphatic heterocycles. The second-order valence-electron chi connectivity index (χ2n) is 8.52. The molecule has 5 rings (SSSR count). The zero-order chi connectivity index (χ0) is 26.5. The van der Waals surface area contributed by atoms with Crippen LogP contribution in [-0.2, 0) is 25.2 Å². The summed E-state index contributed by atoms with van der Waals surface area (Å²) >= 11 is 0.727. The molecule has 0 bridgehead atoms. The fourth-order valence-electron chi connectivity index (χ4n) is 4.47. The van der Waals surface area contributed by atoms with Crippen LogP contribution in [0.5, 0.6) is 0 Å². The van der Waals surface area contributed by atoms with E-state index in [-0.39, 0.29) is 29.3 Å². The van der Waals surface area contributed by atoms with Gasteiger partial charge >= 0.3 is 12.1 Å². The van der Waals surface area contributed by atoms with Crippen LogP contribution >= 0.6 is 11.3 Å². The number of nitro groups is 1. The minimum Gasteiger partial charge on any atom is -0.467 e. The second kappa shape index (κ2) is 9.04. The standard InChI is InChI=1S/C23H18F3N3O7S/c1-34-20(31)17-16(12-5-3-2-4-6-12)35-22(36-17)7-8-28(11-22)21-27-19(30)14-9-13(23(24,25)26)10-15(29(32)33)18(14)37-21/h2-6,9-10,16-17H,7-8,11H2,1H3/t16-,17+,22+/m0/s1. The molecule has 1 spiro atoms. The molecule has 37 heavy (non-hydrogen) atoms. The lowest BCUT2D eigenvalue weighted by Gasteiger charge is -2.23. The highest BCUT2D eigenvalue weighted by Crippen LogP contribution is 2.45. The summed E-state index contributed by atoms with van der Waals surface area (Å²) in [6, 6.07) is 9.91. The third kappa shape index (κ3) is 4.51. The summed E-state index contributed by atoms with van der Waals surface area (Å²) in [6.07, 6.45) is -6.44. The topological polar surface area (TPSA) is 121 Å². The van der Waals surface area contributed by atoms with Crippen molar-refractivity contribution in [3.63, 3.8) is 0 Å². The summed E-state index contributed by atoms with van der Waals surface area (Å²) in [5.41, 5.74) is -2.48. The molecule has 194 valence electrons. The molecule has 14 heteroatoms. The molecule has 0 amide bonds. The number of benzene rings is 2. The third-order valence-electron chi connectivity index (χ3n) is 6.20. The highest BCUT2D eigenvalue weighted by Gasteiger charge is 2.55. The Kier molecular flexibility index (Phi) is 6.12. The smallest absolute Gasteiger partial charge is 0.416 e. The number of hydrogen-bond acceptors (Lipinski definition) is 10. The Morgan fingerprint density at radius 3 is 2.65 bits per heavy atom. The number of carbonyl (C=O) groups excluding carboxylic acids is 1. The van der Waals surface area contributed by atoms with Crippen LogP contribution in [0.4, 0.5) is 24.0 Å². The predicted molar refractivity (Wildman–Crippen MR) is 124 cm³/mol. The minimum absolute atomic E-state index is 0.0205. The van der Waals surface area contributed by atoms with Gasteiger partial charge < -0.3 is 19.1 Å². The molecule has 0 radical (unpaired) electrons. The first kappa shape index (κ1) is 25.0. The van der Waals surface area contributed by atoms with E-state index in [1.165, 1.54) is 7.11 Å². The van der Waals surface area contributed by atoms with Gasteiger partial charge in [-0.05, 0) is 11.6 Å². The fourth-order valence-corrected chi connectivity index (χ4v) is 5.56. The van der Waals surface area contributed by atoms with E-state index in [1.807, 2.05) is 6.07 Å². The van der Waals surface area contributed by atoms with Gasteiger partial charge in [0.1, 0.15) is 10.8 Å². The Balaban J connectivity index is 1.50. The molecular weight excluding hydrogens is 519 g/mol. The number of fused-ring (bicyclic) bond motifs is 1. The van der Waals surface area contributed by atoms with Crippen molar-refractivity contribution in [3.8, 4) is 0 Å². The molecule has 2 fully saturated rings. The Hall–Kier alpha value is -3.62. The Labute approximate surface area is 210 Å². The van der Waals surface area contributed by atoms with Crippen LogP contribution in [0.3, 0.4) is 0 Å². The van der Waals surface area contributed by atoms with Crippen molar-refractivity contribution in [3.05, 3.63) is 74.1 Å². The van der Waals surface area contributed by atoms with Crippen molar-refractivity contribution in [1.29, 1.82) is 0 Å². The lowest BCUT2D eigenvalue weighted by molar-refractivity contribution is -0.383. The number of non-ortho nitro benzene ring substituents is 1. The summed E-state index contributed by atoms with van der Waals surface area (Å²) < 4.78 is 56.6. The van der Waals surface area contributed by atoms with E-state index in [1.54, 1.807) is 29.2 Å². The molecule has 3 atom stereocenters. The van der Waals surface area contributed by atoms with E-state index >= 15 is 0 Å². The van der Waals surface area contributed by atoms with Gasteiger partial charge in [0.2, 0.25) is 0 Å². The number of nitrogens with zero attached hydrogens (tertiary/aromatic N) is 3. The van der Waals surface area contributed by atoms with E-state index < -0.39 is 57.3 Å². The van der Waals surface area contributed by atoms with Crippen LogP contribution in [0.2, 0.25) is 0 Å². The maximum absolute atomic E-state index is 13.2. The molecule has 0 N–H and O–H groups in total. The number of methoxy groups -OCH3 is 1. The van der Waals surface area contributed by atoms with Gasteiger partial charge in [-0.25, -0.2) is 4.79 Å². The maximum atomic E-state index is 13.2. The van der Waals surface area contributed by atoms with E-state index in [0.717, 1.165) is 11.3 Å². The van der Waals surface area contributed by atoms with Gasteiger partial charge in [0, 0.05) is 19.0 Å². The SMILES string of the molecule is COC(=O)[C@@H]1O[C@@]2(CCN(c3nc(=O)c4cc(C(F)(F)F)cc([N+](=O)[O-])c4s3)C2)O[C@H]1c1ccccc1. The van der Waals surface area contributed by atoms with Gasteiger partial charge in [0.05, 0.1) is 29.5 Å². The average molecular weight is 537 g/mol. The predicted octanol–water partition coefficient (Wildman–Crippen LogP) is 3.82. The second-order valence-corrected chi connectivity index (χ2v) is 9.50. The number of alkyl halides is 3. The lowest BCUT2D eigenvalue weighted by atomic mass is 10.0. The monoisotopic (exact) mass is 537 g/mol. The van der Waals surface area contributed by atoms with Crippen LogP contribution in [-0.4, -0.2) is 48.0 Å². The lowest BCUT2D eigenvalue weighted by Crippen LogP contribution is -2.36. The van der Waals surface area contributed by atoms with Crippen molar-refractivity contribution < 1.29 is 37.1 Å². The van der Waals surface area contributed by atoms with E-state index in [4.69, 9.17) is 14.2 Å². The van der Waals surface area contributed by atoms with Crippen LogP contribution in [0, 0.1) is 10.1 Å². The number of halogens is 3. The van der Waals surface area contributed by atoms with Gasteiger partial charge in [0.15, 0.2) is 17.0 Å². The van der Waals surface area contributed by atoms with Gasteiger partial charge in [-0.3, -0.25) is 14.9 Å². The summed E-state index contributed by atoms with van der Waals surface area (Å²) in [6.45, 7) is 0.269. The average Bonchev–Trinajstić information content (AvgIpc) is 3.46. The highest BCUT2D eigenvalue weighted by molar-refractivity contribution is 7.22. The first-order valence-electron chi connectivity index (χ1n) is 11.0. The Bertz CT molecular complexity index is 1450. The molecule has 2 saturated heterocycles. The first-order chi connectivity index (χ1) is 17.5. The number of ether oxygens (including phenoxy) is 3. The van der Waals surface area contributed by atoms with Gasteiger partial charge in [-0.2, -0.15) is 18.2 Å². The Morgan fingerprint density at radius 1 is 1.27 bits per heavy atom. The van der Waals surface area contributed by atoms with Crippen LogP contribution in [0.1, 0.15) is 23.7 Å². The summed E-state index contributed by atoms with van der Waals surface area (Å²) in [5.74, 6) is -1.90. The van der Waals surface area contributed by atoms with Crippen LogP contribution in [0.25, 0.3) is 10.1 Å². The minimum atomic E-state index is -4.88. The molecule has 2 aliphatic rings. The molecular formula is C23H18F3N3O7S. The summed E-state index contributed by atoms with van der Waals surface area (Å²) in [7, 11) is 1.23. The number of carbonyl (C=O) groups is 1. The van der Waals surface area contributed by atoms with Gasteiger partial charge in [-0.1, -0.05) is 41.7 Å². The quantitative estimate of drug-likeness (QED) is 0.278. The van der Waals surface area contributed by atoms with E-state index in [2.05, 4.69) is 4.98 Å². The molecule has 0 saturated carbocycles. The molecule has 0 unspecified atom stereocenters. The first-order valence-corrected chi connectivity index (χ1v) is 11.8. The Morgan fingerprint density at radius 2 is 2.00 bits per heavy atom. The molecule has 10 nitrogen and oxygen atoms in total. The largest absolute Gasteiger partial charge is 0.467 e. The van der Waals surface area contributed by atoms with Crippen molar-refractivity contribution in [2.45, 2.75) is 30.6 Å². The molecule has 2 aromatic carbocycles. The number of nitro benzene ring substituents is 1. The number of rotatable bonds is 4. The summed E-state index contributed by atoms with van der Waals surface area (Å²) in [4.78, 5) is 41.2. The van der Waals surface area contributed by atoms with Crippen molar-refractivity contribution in [2.24, 2.45) is 0 Å². The van der Waals surface area contributed by atoms with E-state index in [9.17, 15) is 32.9 Å². The normalized spacial score (nSPS) is 23.6. The molecule has 3 heterocycles. The fraction of sp³-hybridized carbons (Fsp3) is 0.348. The van der Waals surface area contributed by atoms with Crippen molar-refractivity contribution >= 4 is 38.2 Å². The van der Waals surface area contributed by atoms with Crippen molar-refractivity contribution in [1.82, 2.24) is 4.98 Å². The summed E-state index contributed by atoms with van der Waals surface area (Å²) in [5, 5.41) is 11.1. The number of aromatic nitrogens is 1. The number of anilines is 1. The molecule has 0 aliphatic carbocycles. The zero-order valence-electron chi connectivity index (χ0n) is 19.1. The maximum Gasteiger partial charge on any atom is 0.416 e. The van der Waals surface area contributed by atoms with Crippen molar-refractivity contribution in [2.75, 3.05) is 25.1 Å². The molecule has 1 aromatic heterocycles. The van der Waals surface area contributed by atoms with Gasteiger partial charge in [0.25, 0.3) is 11.2 Å². The van der Waals surface area contributed by atoms with Crippen LogP contribution < -0.4 is 10.5 Å². The van der Waals surface area contributed by atoms with Gasteiger partial charge in [-0.15, -0.1) is 0 Å². The van der Waals surface area contributed by atoms with Crippen LogP contribution in [0.15, 0.2) is 47.3 Å². The highest BCUT2D eigenvalue weighted by atomic mass is 32.1. The zero-order valence-corrected chi connectivity index (χ0v) is 19.9. The number of hydrogen-bond donors (Lipinski definition) is 0. The molecule has 3 aromatic rings. The van der Waals surface area contributed by atoms with E-state index in [0.29, 0.717) is 17.7 Å².